The third-order valence-electron chi connectivity index (χ3n) is 3.11. The Morgan fingerprint density at radius 1 is 1.42 bits per heavy atom. The van der Waals surface area contributed by atoms with Gasteiger partial charge in [-0.05, 0) is 27.7 Å². The maximum Gasteiger partial charge on any atom is 0.226 e. The topological polar surface area (TPSA) is 98.8 Å². The van der Waals surface area contributed by atoms with E-state index in [9.17, 15) is 5.11 Å². The number of aromatic amines is 1. The smallest absolute Gasteiger partial charge is 0.226 e. The Morgan fingerprint density at radius 3 is 2.79 bits per heavy atom. The molecule has 0 saturated heterocycles. The summed E-state index contributed by atoms with van der Waals surface area (Å²) in [4.78, 5) is 15.9. The van der Waals surface area contributed by atoms with Crippen LogP contribution >= 0.6 is 0 Å². The number of imidazole rings is 1. The molecule has 0 radical (unpaired) electrons. The van der Waals surface area contributed by atoms with Crippen LogP contribution in [-0.2, 0) is 0 Å². The van der Waals surface area contributed by atoms with Gasteiger partial charge < -0.3 is 20.7 Å². The van der Waals surface area contributed by atoms with Crippen molar-refractivity contribution in [3.8, 4) is 0 Å². The molecule has 1 unspecified atom stereocenters. The summed E-state index contributed by atoms with van der Waals surface area (Å²) in [6, 6.07) is 0. The van der Waals surface area contributed by atoms with Crippen LogP contribution in [-0.4, -0.2) is 43.2 Å². The predicted molar refractivity (Wildman–Crippen MR) is 75.2 cm³/mol. The highest BCUT2D eigenvalue weighted by Gasteiger charge is 2.25. The first-order valence-corrected chi connectivity index (χ1v) is 6.35. The molecule has 0 spiro atoms. The number of rotatable bonds is 5. The molecule has 0 aliphatic carbocycles. The molecule has 2 rings (SSSR count). The molecule has 7 heteroatoms. The molecule has 0 amide bonds. The molecule has 104 valence electrons. The summed E-state index contributed by atoms with van der Waals surface area (Å²) in [6.45, 7) is 8.27. The van der Waals surface area contributed by atoms with Gasteiger partial charge in [0.25, 0.3) is 0 Å². The normalized spacial score (nSPS) is 13.5. The van der Waals surface area contributed by atoms with E-state index in [0.29, 0.717) is 17.4 Å². The van der Waals surface area contributed by atoms with Gasteiger partial charge in [0.2, 0.25) is 5.95 Å². The number of H-pyrrole nitrogens is 1. The van der Waals surface area contributed by atoms with Crippen LogP contribution in [0.4, 0.5) is 11.8 Å². The van der Waals surface area contributed by atoms with Crippen molar-refractivity contribution < 1.29 is 5.11 Å². The van der Waals surface area contributed by atoms with Crippen LogP contribution in [0.3, 0.4) is 0 Å². The molecule has 2 aromatic heterocycles. The highest BCUT2D eigenvalue weighted by molar-refractivity contribution is 5.84. The first-order valence-electron chi connectivity index (χ1n) is 6.35. The summed E-state index contributed by atoms with van der Waals surface area (Å²) in [6.07, 6.45) is 1.05. The highest BCUT2D eigenvalue weighted by Crippen LogP contribution is 2.23. The molecule has 0 saturated carbocycles. The molecule has 4 N–H and O–H groups in total. The van der Waals surface area contributed by atoms with Crippen molar-refractivity contribution in [2.24, 2.45) is 0 Å². The minimum absolute atomic E-state index is 0.504. The molecule has 0 fully saturated rings. The number of hydrogen-bond donors (Lipinski definition) is 4. The Bertz CT molecular complexity index is 562. The van der Waals surface area contributed by atoms with E-state index >= 15 is 0 Å². The zero-order valence-corrected chi connectivity index (χ0v) is 11.7. The Balaban J connectivity index is 2.43. The summed E-state index contributed by atoms with van der Waals surface area (Å²) in [5.41, 5.74) is 0.820. The lowest BCUT2D eigenvalue weighted by Gasteiger charge is -2.30. The molecule has 19 heavy (non-hydrogen) atoms. The first kappa shape index (κ1) is 13.5. The van der Waals surface area contributed by atoms with Crippen LogP contribution in [0.1, 0.15) is 27.7 Å². The van der Waals surface area contributed by atoms with Crippen molar-refractivity contribution in [1.29, 1.82) is 0 Å². The summed E-state index contributed by atoms with van der Waals surface area (Å²) >= 11 is 0. The Kier molecular flexibility index (Phi) is 3.57. The third-order valence-corrected chi connectivity index (χ3v) is 3.11. The van der Waals surface area contributed by atoms with Gasteiger partial charge in [0.15, 0.2) is 11.5 Å². The summed E-state index contributed by atoms with van der Waals surface area (Å²) in [5.74, 6) is 1.15. The highest BCUT2D eigenvalue weighted by atomic mass is 16.3. The number of aromatic nitrogens is 4. The zero-order valence-electron chi connectivity index (χ0n) is 11.7. The fraction of sp³-hybridized carbons (Fsp3) is 0.583. The lowest BCUT2D eigenvalue weighted by molar-refractivity contribution is 0.133. The lowest BCUT2D eigenvalue weighted by atomic mass is 9.99. The molecule has 1 atom stereocenters. The minimum atomic E-state index is -0.525. The average molecular weight is 264 g/mol. The maximum atomic E-state index is 9.79. The quantitative estimate of drug-likeness (QED) is 0.651. The fourth-order valence-electron chi connectivity index (χ4n) is 1.57. The second-order valence-electron chi connectivity index (χ2n) is 5.05. The number of aliphatic hydroxyl groups is 1. The largest absolute Gasteiger partial charge is 0.391 e. The number of nitrogens with one attached hydrogen (secondary N) is 3. The molecule has 0 aromatic carbocycles. The molecule has 2 heterocycles. The summed E-state index contributed by atoms with van der Waals surface area (Å²) in [5, 5.41) is 16.1. The van der Waals surface area contributed by atoms with Crippen LogP contribution in [0.5, 0.6) is 0 Å². The van der Waals surface area contributed by atoms with Gasteiger partial charge in [-0.25, -0.2) is 4.98 Å². The molecular formula is C12H20N6O. The monoisotopic (exact) mass is 264 g/mol. The third kappa shape index (κ3) is 2.76. The van der Waals surface area contributed by atoms with Crippen molar-refractivity contribution >= 4 is 22.9 Å². The summed E-state index contributed by atoms with van der Waals surface area (Å²) < 4.78 is 0. The zero-order chi connectivity index (χ0) is 14.0. The van der Waals surface area contributed by atoms with Gasteiger partial charge in [-0.3, -0.25) is 0 Å². The SMILES string of the molecule is CCNc1nc(NC(C)(C)C(C)O)c2[nH]cnc2n1. The first-order chi connectivity index (χ1) is 8.94. The number of nitrogens with zero attached hydrogens (tertiary/aromatic N) is 3. The Labute approximate surface area is 111 Å². The molecule has 7 nitrogen and oxygen atoms in total. The van der Waals surface area contributed by atoms with Gasteiger partial charge in [0.1, 0.15) is 5.52 Å². The van der Waals surface area contributed by atoms with E-state index in [1.807, 2.05) is 20.8 Å². The van der Waals surface area contributed by atoms with Crippen molar-refractivity contribution in [1.82, 2.24) is 19.9 Å². The maximum absolute atomic E-state index is 9.79. The van der Waals surface area contributed by atoms with Gasteiger partial charge in [-0.15, -0.1) is 0 Å². The molecule has 0 aliphatic heterocycles. The molecular weight excluding hydrogens is 244 g/mol. The van der Waals surface area contributed by atoms with E-state index in [2.05, 4.69) is 30.6 Å². The van der Waals surface area contributed by atoms with Gasteiger partial charge >= 0.3 is 0 Å². The molecule has 0 aliphatic rings. The van der Waals surface area contributed by atoms with E-state index < -0.39 is 11.6 Å². The second-order valence-corrected chi connectivity index (χ2v) is 5.05. The Hall–Kier alpha value is -1.89. The second kappa shape index (κ2) is 5.00. The van der Waals surface area contributed by atoms with E-state index in [4.69, 9.17) is 0 Å². The van der Waals surface area contributed by atoms with Crippen molar-refractivity contribution in [2.75, 3.05) is 17.2 Å². The van der Waals surface area contributed by atoms with Gasteiger partial charge in [-0.1, -0.05) is 0 Å². The number of fused-ring (bicyclic) bond motifs is 1. The van der Waals surface area contributed by atoms with E-state index in [-0.39, 0.29) is 0 Å². The van der Waals surface area contributed by atoms with Crippen LogP contribution < -0.4 is 10.6 Å². The fourth-order valence-corrected chi connectivity index (χ4v) is 1.57. The van der Waals surface area contributed by atoms with Gasteiger partial charge in [0, 0.05) is 6.54 Å². The van der Waals surface area contributed by atoms with E-state index in [1.165, 1.54) is 0 Å². The van der Waals surface area contributed by atoms with Crippen LogP contribution in [0.25, 0.3) is 11.2 Å². The number of anilines is 2. The predicted octanol–water partition coefficient (Wildman–Crippen LogP) is 1.36. The van der Waals surface area contributed by atoms with Crippen molar-refractivity contribution in [3.63, 3.8) is 0 Å². The Morgan fingerprint density at radius 2 is 2.16 bits per heavy atom. The summed E-state index contributed by atoms with van der Waals surface area (Å²) in [7, 11) is 0. The number of hydrogen-bond acceptors (Lipinski definition) is 6. The standard InChI is InChI=1S/C12H20N6O/c1-5-13-11-16-9-8(14-6-15-9)10(17-11)18-12(3,4)7(2)19/h6-7,19H,5H2,1-4H3,(H3,13,14,15,16,17,18). The molecule has 2 aromatic rings. The van der Waals surface area contributed by atoms with Crippen molar-refractivity contribution in [3.05, 3.63) is 6.33 Å². The van der Waals surface area contributed by atoms with Crippen LogP contribution in [0.2, 0.25) is 0 Å². The van der Waals surface area contributed by atoms with E-state index in [0.717, 1.165) is 12.1 Å². The van der Waals surface area contributed by atoms with Crippen LogP contribution in [0.15, 0.2) is 6.33 Å². The van der Waals surface area contributed by atoms with Crippen LogP contribution in [0, 0.1) is 0 Å². The van der Waals surface area contributed by atoms with Gasteiger partial charge in [-0.2, -0.15) is 9.97 Å². The van der Waals surface area contributed by atoms with Gasteiger partial charge in [0.05, 0.1) is 18.0 Å². The lowest BCUT2D eigenvalue weighted by Crippen LogP contribution is -2.42. The average Bonchev–Trinajstić information content (AvgIpc) is 2.77. The molecule has 0 bridgehead atoms. The minimum Gasteiger partial charge on any atom is -0.391 e. The van der Waals surface area contributed by atoms with Crippen molar-refractivity contribution in [2.45, 2.75) is 39.3 Å². The van der Waals surface area contributed by atoms with E-state index in [1.54, 1.807) is 13.3 Å². The number of aliphatic hydroxyl groups excluding tert-OH is 1.